The molecule has 6 heteroatoms. The number of fused-ring (bicyclic) bond motifs is 1. The number of nitriles is 2. The normalized spacial score (nSPS) is 9.75. The highest BCUT2D eigenvalue weighted by molar-refractivity contribution is 9.13. The lowest BCUT2D eigenvalue weighted by Crippen LogP contribution is -1.95. The SMILES string of the molecule is N#Cc1nc2cc(Br)c(Br)cc2nc1C#N. The van der Waals surface area contributed by atoms with Crippen LogP contribution in [0.5, 0.6) is 0 Å². The molecule has 0 saturated heterocycles. The fourth-order valence-corrected chi connectivity index (χ4v) is 1.87. The van der Waals surface area contributed by atoms with E-state index < -0.39 is 0 Å². The Morgan fingerprint density at radius 2 is 1.25 bits per heavy atom. The first-order valence-electron chi connectivity index (χ1n) is 4.12. The first-order valence-corrected chi connectivity index (χ1v) is 5.71. The molecule has 0 saturated carbocycles. The van der Waals surface area contributed by atoms with Gasteiger partial charge in [-0.05, 0) is 44.0 Å². The van der Waals surface area contributed by atoms with E-state index in [-0.39, 0.29) is 11.4 Å². The molecule has 1 aromatic carbocycles. The third-order valence-corrected chi connectivity index (χ3v) is 3.76. The molecule has 0 unspecified atom stereocenters. The van der Waals surface area contributed by atoms with Crippen LogP contribution in [0.25, 0.3) is 11.0 Å². The van der Waals surface area contributed by atoms with Crippen molar-refractivity contribution < 1.29 is 0 Å². The van der Waals surface area contributed by atoms with Gasteiger partial charge in [0.1, 0.15) is 12.1 Å². The van der Waals surface area contributed by atoms with Crippen molar-refractivity contribution in [1.82, 2.24) is 9.97 Å². The van der Waals surface area contributed by atoms with E-state index in [4.69, 9.17) is 10.5 Å². The zero-order valence-electron chi connectivity index (χ0n) is 7.70. The second-order valence-corrected chi connectivity index (χ2v) is 4.61. The second kappa shape index (κ2) is 4.17. The number of aromatic nitrogens is 2. The van der Waals surface area contributed by atoms with Gasteiger partial charge >= 0.3 is 0 Å². The lowest BCUT2D eigenvalue weighted by molar-refractivity contribution is 1.19. The summed E-state index contributed by atoms with van der Waals surface area (Å²) in [6.45, 7) is 0. The van der Waals surface area contributed by atoms with Gasteiger partial charge < -0.3 is 0 Å². The van der Waals surface area contributed by atoms with Crippen molar-refractivity contribution in [3.63, 3.8) is 0 Å². The molecule has 0 spiro atoms. The van der Waals surface area contributed by atoms with Crippen LogP contribution < -0.4 is 0 Å². The van der Waals surface area contributed by atoms with E-state index in [0.29, 0.717) is 11.0 Å². The molecule has 2 rings (SSSR count). The molecule has 0 atom stereocenters. The maximum Gasteiger partial charge on any atom is 0.177 e. The molecule has 4 nitrogen and oxygen atoms in total. The van der Waals surface area contributed by atoms with E-state index in [1.807, 2.05) is 12.1 Å². The summed E-state index contributed by atoms with van der Waals surface area (Å²) in [4.78, 5) is 8.14. The van der Waals surface area contributed by atoms with E-state index in [1.165, 1.54) is 0 Å². The van der Waals surface area contributed by atoms with Crippen molar-refractivity contribution in [3.8, 4) is 12.1 Å². The van der Waals surface area contributed by atoms with Crippen LogP contribution >= 0.6 is 31.9 Å². The summed E-state index contributed by atoms with van der Waals surface area (Å²) < 4.78 is 1.64. The van der Waals surface area contributed by atoms with Gasteiger partial charge in [0.2, 0.25) is 0 Å². The van der Waals surface area contributed by atoms with E-state index in [2.05, 4.69) is 41.8 Å². The van der Waals surface area contributed by atoms with Crippen molar-refractivity contribution >= 4 is 42.9 Å². The molecule has 0 bridgehead atoms. The lowest BCUT2D eigenvalue weighted by atomic mass is 10.2. The van der Waals surface area contributed by atoms with Crippen molar-refractivity contribution in [3.05, 3.63) is 32.5 Å². The third kappa shape index (κ3) is 1.78. The fourth-order valence-electron chi connectivity index (χ4n) is 1.21. The Bertz CT molecular complexity index is 609. The molecule has 2 aromatic rings. The molecule has 0 aliphatic rings. The molecule has 1 heterocycles. The highest BCUT2D eigenvalue weighted by Crippen LogP contribution is 2.27. The standard InChI is InChI=1S/C10H2Br2N4/c11-5-1-7-8(2-6(5)12)16-10(4-14)9(3-13)15-7/h1-2H. The number of rotatable bonds is 0. The largest absolute Gasteiger partial charge is 0.232 e. The number of hydrogen-bond acceptors (Lipinski definition) is 4. The summed E-state index contributed by atoms with van der Waals surface area (Å²) in [6, 6.07) is 7.19. The Morgan fingerprint density at radius 3 is 1.56 bits per heavy atom. The predicted molar refractivity (Wildman–Crippen MR) is 64.4 cm³/mol. The third-order valence-electron chi connectivity index (χ3n) is 1.92. The van der Waals surface area contributed by atoms with E-state index in [1.54, 1.807) is 12.1 Å². The van der Waals surface area contributed by atoms with Gasteiger partial charge in [-0.2, -0.15) is 10.5 Å². The van der Waals surface area contributed by atoms with Gasteiger partial charge in [-0.3, -0.25) is 0 Å². The summed E-state index contributed by atoms with van der Waals surface area (Å²) in [6.07, 6.45) is 0. The highest BCUT2D eigenvalue weighted by atomic mass is 79.9. The quantitative estimate of drug-likeness (QED) is 0.740. The molecule has 0 radical (unpaired) electrons. The van der Waals surface area contributed by atoms with Crippen LogP contribution in [0, 0.1) is 22.7 Å². The number of benzene rings is 1. The molecular formula is C10H2Br2N4. The Morgan fingerprint density at radius 1 is 0.875 bits per heavy atom. The van der Waals surface area contributed by atoms with Gasteiger partial charge in [0.05, 0.1) is 11.0 Å². The Kier molecular flexibility index (Phi) is 2.86. The predicted octanol–water partition coefficient (Wildman–Crippen LogP) is 2.90. The number of hydrogen-bond donors (Lipinski definition) is 0. The zero-order valence-corrected chi connectivity index (χ0v) is 10.9. The van der Waals surface area contributed by atoms with E-state index >= 15 is 0 Å². The van der Waals surface area contributed by atoms with Gasteiger partial charge in [-0.1, -0.05) is 0 Å². The Balaban J connectivity index is 2.86. The lowest BCUT2D eigenvalue weighted by Gasteiger charge is -2.01. The minimum Gasteiger partial charge on any atom is -0.232 e. The number of nitrogens with zero attached hydrogens (tertiary/aromatic N) is 4. The van der Waals surface area contributed by atoms with Crippen molar-refractivity contribution in [1.29, 1.82) is 10.5 Å². The first-order chi connectivity index (χ1) is 7.65. The average molecular weight is 338 g/mol. The van der Waals surface area contributed by atoms with Crippen LogP contribution in [-0.4, -0.2) is 9.97 Å². The van der Waals surface area contributed by atoms with Gasteiger partial charge in [0.15, 0.2) is 11.4 Å². The van der Waals surface area contributed by atoms with Gasteiger partial charge in [-0.15, -0.1) is 0 Å². The highest BCUT2D eigenvalue weighted by Gasteiger charge is 2.09. The molecule has 0 N–H and O–H groups in total. The second-order valence-electron chi connectivity index (χ2n) is 2.90. The van der Waals surface area contributed by atoms with Crippen molar-refractivity contribution in [2.75, 3.05) is 0 Å². The summed E-state index contributed by atoms with van der Waals surface area (Å²) in [7, 11) is 0. The summed E-state index contributed by atoms with van der Waals surface area (Å²) >= 11 is 6.67. The Labute approximate surface area is 108 Å². The molecule has 0 aliphatic heterocycles. The van der Waals surface area contributed by atoms with Crippen LogP contribution in [0.4, 0.5) is 0 Å². The summed E-state index contributed by atoms with van der Waals surface area (Å²) in [5.41, 5.74) is 1.24. The van der Waals surface area contributed by atoms with Gasteiger partial charge in [-0.25, -0.2) is 9.97 Å². The molecule has 1 aromatic heterocycles. The van der Waals surface area contributed by atoms with Crippen molar-refractivity contribution in [2.45, 2.75) is 0 Å². The average Bonchev–Trinajstić information content (AvgIpc) is 2.29. The smallest absolute Gasteiger partial charge is 0.177 e. The molecule has 0 aliphatic carbocycles. The van der Waals surface area contributed by atoms with Crippen LogP contribution in [0.2, 0.25) is 0 Å². The molecule has 16 heavy (non-hydrogen) atoms. The monoisotopic (exact) mass is 336 g/mol. The Hall–Kier alpha value is -1.50. The van der Waals surface area contributed by atoms with Crippen LogP contribution in [0.15, 0.2) is 21.1 Å². The maximum absolute atomic E-state index is 8.81. The summed E-state index contributed by atoms with van der Waals surface area (Å²) in [5, 5.41) is 17.6. The summed E-state index contributed by atoms with van der Waals surface area (Å²) in [5.74, 6) is 0. The molecule has 0 fully saturated rings. The minimum atomic E-state index is 0.0456. The van der Waals surface area contributed by atoms with Crippen molar-refractivity contribution in [2.24, 2.45) is 0 Å². The first kappa shape index (κ1) is 11.0. The van der Waals surface area contributed by atoms with Gasteiger partial charge in [0.25, 0.3) is 0 Å². The molecule has 76 valence electrons. The fraction of sp³-hybridized carbons (Fsp3) is 0. The topological polar surface area (TPSA) is 73.4 Å². The van der Waals surface area contributed by atoms with E-state index in [0.717, 1.165) is 8.95 Å². The van der Waals surface area contributed by atoms with Crippen LogP contribution in [0.3, 0.4) is 0 Å². The molecule has 0 amide bonds. The van der Waals surface area contributed by atoms with Crippen LogP contribution in [0.1, 0.15) is 11.4 Å². The van der Waals surface area contributed by atoms with Gasteiger partial charge in [0, 0.05) is 8.95 Å². The molecular weight excluding hydrogens is 336 g/mol. The number of halogens is 2. The minimum absolute atomic E-state index is 0.0456. The van der Waals surface area contributed by atoms with Crippen LogP contribution in [-0.2, 0) is 0 Å². The van der Waals surface area contributed by atoms with E-state index in [9.17, 15) is 0 Å². The zero-order chi connectivity index (χ0) is 11.7. The maximum atomic E-state index is 8.81.